The van der Waals surface area contributed by atoms with Crippen LogP contribution in [0.2, 0.25) is 0 Å². The third-order valence-corrected chi connectivity index (χ3v) is 5.60. The standard InChI is InChI=1S/C18H26FN/c19-17-9-5-15(6-10-17)13-1-3-14(4-2-13)16-7-11-18(20)12-8-16/h5-6,9-10,13-14,16,18H,1-4,7-8,11-12,20H2. The summed E-state index contributed by atoms with van der Waals surface area (Å²) in [7, 11) is 0. The van der Waals surface area contributed by atoms with Crippen molar-refractivity contribution < 1.29 is 4.39 Å². The summed E-state index contributed by atoms with van der Waals surface area (Å²) in [6.45, 7) is 0. The van der Waals surface area contributed by atoms with Crippen LogP contribution < -0.4 is 5.73 Å². The van der Waals surface area contributed by atoms with Gasteiger partial charge in [0, 0.05) is 6.04 Å². The van der Waals surface area contributed by atoms with E-state index in [9.17, 15) is 4.39 Å². The first-order valence-electron chi connectivity index (χ1n) is 8.23. The van der Waals surface area contributed by atoms with Gasteiger partial charge in [-0.15, -0.1) is 0 Å². The van der Waals surface area contributed by atoms with E-state index in [2.05, 4.69) is 0 Å². The van der Waals surface area contributed by atoms with E-state index in [1.54, 1.807) is 12.1 Å². The Morgan fingerprint density at radius 3 is 1.80 bits per heavy atom. The van der Waals surface area contributed by atoms with Crippen LogP contribution in [0.25, 0.3) is 0 Å². The molecule has 2 heteroatoms. The molecule has 110 valence electrons. The molecule has 2 N–H and O–H groups in total. The number of halogens is 1. The van der Waals surface area contributed by atoms with E-state index in [1.165, 1.54) is 56.9 Å². The summed E-state index contributed by atoms with van der Waals surface area (Å²) in [5.74, 6) is 2.36. The average Bonchev–Trinajstić information content (AvgIpc) is 2.49. The van der Waals surface area contributed by atoms with Gasteiger partial charge in [-0.2, -0.15) is 0 Å². The first-order chi connectivity index (χ1) is 9.72. The molecule has 0 aliphatic heterocycles. The summed E-state index contributed by atoms with van der Waals surface area (Å²) in [5, 5.41) is 0. The topological polar surface area (TPSA) is 26.0 Å². The Bertz CT molecular complexity index is 412. The maximum absolute atomic E-state index is 13.0. The molecule has 2 aliphatic carbocycles. The quantitative estimate of drug-likeness (QED) is 0.837. The van der Waals surface area contributed by atoms with Crippen molar-refractivity contribution in [1.82, 2.24) is 0 Å². The molecule has 1 aromatic rings. The molecule has 0 heterocycles. The van der Waals surface area contributed by atoms with E-state index in [0.717, 1.165) is 11.8 Å². The number of hydrogen-bond donors (Lipinski definition) is 1. The molecule has 0 unspecified atom stereocenters. The predicted molar refractivity (Wildman–Crippen MR) is 81.0 cm³/mol. The van der Waals surface area contributed by atoms with Gasteiger partial charge in [0.25, 0.3) is 0 Å². The van der Waals surface area contributed by atoms with E-state index < -0.39 is 0 Å². The van der Waals surface area contributed by atoms with Crippen molar-refractivity contribution in [3.8, 4) is 0 Å². The second-order valence-corrected chi connectivity index (χ2v) is 6.84. The van der Waals surface area contributed by atoms with Crippen molar-refractivity contribution in [3.05, 3.63) is 35.6 Å². The lowest BCUT2D eigenvalue weighted by atomic mass is 9.69. The summed E-state index contributed by atoms with van der Waals surface area (Å²) in [6.07, 6.45) is 10.4. The lowest BCUT2D eigenvalue weighted by molar-refractivity contribution is 0.177. The van der Waals surface area contributed by atoms with Gasteiger partial charge in [0.1, 0.15) is 5.82 Å². The molecule has 2 aliphatic rings. The van der Waals surface area contributed by atoms with Gasteiger partial charge in [0.05, 0.1) is 0 Å². The van der Waals surface area contributed by atoms with Gasteiger partial charge in [-0.25, -0.2) is 4.39 Å². The third kappa shape index (κ3) is 3.22. The molecule has 0 aromatic heterocycles. The zero-order valence-corrected chi connectivity index (χ0v) is 12.2. The number of hydrogen-bond acceptors (Lipinski definition) is 1. The van der Waals surface area contributed by atoms with Crippen molar-refractivity contribution in [1.29, 1.82) is 0 Å². The number of nitrogens with two attached hydrogens (primary N) is 1. The van der Waals surface area contributed by atoms with Gasteiger partial charge in [0.2, 0.25) is 0 Å². The Kier molecular flexibility index (Phi) is 4.40. The summed E-state index contributed by atoms with van der Waals surface area (Å²) < 4.78 is 13.0. The van der Waals surface area contributed by atoms with Crippen LogP contribution in [0.1, 0.15) is 62.8 Å². The largest absolute Gasteiger partial charge is 0.328 e. The lowest BCUT2D eigenvalue weighted by Crippen LogP contribution is -2.31. The normalized spacial score (nSPS) is 34.9. The third-order valence-electron chi connectivity index (χ3n) is 5.60. The van der Waals surface area contributed by atoms with Crippen molar-refractivity contribution in [2.24, 2.45) is 17.6 Å². The highest BCUT2D eigenvalue weighted by Crippen LogP contribution is 2.42. The summed E-state index contributed by atoms with van der Waals surface area (Å²) >= 11 is 0. The summed E-state index contributed by atoms with van der Waals surface area (Å²) in [6, 6.07) is 7.61. The minimum atomic E-state index is -0.124. The van der Waals surface area contributed by atoms with E-state index >= 15 is 0 Å². The SMILES string of the molecule is NC1CCC(C2CCC(c3ccc(F)cc3)CC2)CC1. The number of rotatable bonds is 2. The predicted octanol–water partition coefficient (Wildman–Crippen LogP) is 4.62. The molecule has 0 atom stereocenters. The molecule has 0 saturated heterocycles. The van der Waals surface area contributed by atoms with E-state index in [0.29, 0.717) is 12.0 Å². The molecule has 2 fully saturated rings. The second kappa shape index (κ2) is 6.26. The Morgan fingerprint density at radius 2 is 1.25 bits per heavy atom. The first kappa shape index (κ1) is 14.1. The monoisotopic (exact) mass is 275 g/mol. The second-order valence-electron chi connectivity index (χ2n) is 6.84. The molecule has 0 spiro atoms. The molecular formula is C18H26FN. The molecular weight excluding hydrogens is 249 g/mol. The fourth-order valence-corrected chi connectivity index (χ4v) is 4.28. The van der Waals surface area contributed by atoms with Crippen molar-refractivity contribution >= 4 is 0 Å². The minimum Gasteiger partial charge on any atom is -0.328 e. The Morgan fingerprint density at radius 1 is 0.750 bits per heavy atom. The summed E-state index contributed by atoms with van der Waals surface area (Å²) in [4.78, 5) is 0. The van der Waals surface area contributed by atoms with Crippen LogP contribution in [0.4, 0.5) is 4.39 Å². The molecule has 0 bridgehead atoms. The molecule has 3 rings (SSSR count). The lowest BCUT2D eigenvalue weighted by Gasteiger charge is -2.37. The molecule has 0 radical (unpaired) electrons. The fourth-order valence-electron chi connectivity index (χ4n) is 4.28. The van der Waals surface area contributed by atoms with E-state index in [1.807, 2.05) is 12.1 Å². The smallest absolute Gasteiger partial charge is 0.123 e. The first-order valence-corrected chi connectivity index (χ1v) is 8.23. The van der Waals surface area contributed by atoms with Crippen LogP contribution in [0.3, 0.4) is 0 Å². The van der Waals surface area contributed by atoms with Crippen LogP contribution in [0.5, 0.6) is 0 Å². The van der Waals surface area contributed by atoms with Gasteiger partial charge in [-0.3, -0.25) is 0 Å². The van der Waals surface area contributed by atoms with Crippen LogP contribution in [0, 0.1) is 17.7 Å². The van der Waals surface area contributed by atoms with Crippen molar-refractivity contribution in [2.45, 2.75) is 63.3 Å². The maximum Gasteiger partial charge on any atom is 0.123 e. The molecule has 1 nitrogen and oxygen atoms in total. The minimum absolute atomic E-state index is 0.124. The molecule has 2 saturated carbocycles. The van der Waals surface area contributed by atoms with Gasteiger partial charge in [-0.05, 0) is 86.8 Å². The molecule has 20 heavy (non-hydrogen) atoms. The summed E-state index contributed by atoms with van der Waals surface area (Å²) in [5.41, 5.74) is 7.34. The zero-order valence-electron chi connectivity index (χ0n) is 12.2. The zero-order chi connectivity index (χ0) is 13.9. The highest BCUT2D eigenvalue weighted by molar-refractivity contribution is 5.20. The van der Waals surface area contributed by atoms with Gasteiger partial charge in [0.15, 0.2) is 0 Å². The Hall–Kier alpha value is -0.890. The fraction of sp³-hybridized carbons (Fsp3) is 0.667. The Balaban J connectivity index is 1.53. The van der Waals surface area contributed by atoms with Crippen molar-refractivity contribution in [3.63, 3.8) is 0 Å². The Labute approximate surface area is 121 Å². The van der Waals surface area contributed by atoms with Gasteiger partial charge < -0.3 is 5.73 Å². The molecule has 0 amide bonds. The van der Waals surface area contributed by atoms with Crippen LogP contribution in [-0.4, -0.2) is 6.04 Å². The average molecular weight is 275 g/mol. The highest BCUT2D eigenvalue weighted by atomic mass is 19.1. The molecule has 1 aromatic carbocycles. The maximum atomic E-state index is 13.0. The van der Waals surface area contributed by atoms with Crippen LogP contribution >= 0.6 is 0 Å². The van der Waals surface area contributed by atoms with Crippen LogP contribution in [-0.2, 0) is 0 Å². The van der Waals surface area contributed by atoms with E-state index in [-0.39, 0.29) is 5.82 Å². The van der Waals surface area contributed by atoms with E-state index in [4.69, 9.17) is 5.73 Å². The van der Waals surface area contributed by atoms with Gasteiger partial charge in [-0.1, -0.05) is 12.1 Å². The van der Waals surface area contributed by atoms with Crippen molar-refractivity contribution in [2.75, 3.05) is 0 Å². The highest BCUT2D eigenvalue weighted by Gasteiger charge is 2.30. The van der Waals surface area contributed by atoms with Crippen LogP contribution in [0.15, 0.2) is 24.3 Å². The number of benzene rings is 1. The van der Waals surface area contributed by atoms with Gasteiger partial charge >= 0.3 is 0 Å².